The second kappa shape index (κ2) is 5.27. The third kappa shape index (κ3) is 2.92. The van der Waals surface area contributed by atoms with Crippen molar-refractivity contribution in [2.45, 2.75) is 0 Å². The summed E-state index contributed by atoms with van der Waals surface area (Å²) in [6.45, 7) is 0. The zero-order valence-corrected chi connectivity index (χ0v) is 9.39. The molecule has 3 nitrogen and oxygen atoms in total. The Bertz CT molecular complexity index is 482. The van der Waals surface area contributed by atoms with Crippen LogP contribution in [0.3, 0.4) is 0 Å². The fourth-order valence-corrected chi connectivity index (χ4v) is 1.50. The van der Waals surface area contributed by atoms with Gasteiger partial charge in [-0.3, -0.25) is 5.32 Å². The molecule has 2 rings (SSSR count). The predicted molar refractivity (Wildman–Crippen MR) is 67.9 cm³/mol. The molecule has 1 atom stereocenters. The van der Waals surface area contributed by atoms with Crippen molar-refractivity contribution in [3.8, 4) is 0 Å². The van der Waals surface area contributed by atoms with Crippen LogP contribution in [0.4, 0.5) is 16.2 Å². The van der Waals surface area contributed by atoms with Gasteiger partial charge in [-0.25, -0.2) is 4.79 Å². The van der Waals surface area contributed by atoms with Crippen LogP contribution >= 0.6 is 0 Å². The number of quaternary nitrogens is 1. The van der Waals surface area contributed by atoms with Crippen LogP contribution in [0.1, 0.15) is 0 Å². The lowest BCUT2D eigenvalue weighted by atomic mass is 10.3. The monoisotopic (exact) mass is 226 g/mol. The number of hydrogen-bond donors (Lipinski definition) is 2. The second-order valence-electron chi connectivity index (χ2n) is 3.66. The van der Waals surface area contributed by atoms with E-state index in [-0.39, 0.29) is 6.03 Å². The molecule has 0 saturated carbocycles. The largest absolute Gasteiger partial charge is 0.397 e. The number of urea groups is 1. The topological polar surface area (TPSA) is 33.5 Å². The molecule has 0 radical (unpaired) electrons. The zero-order valence-electron chi connectivity index (χ0n) is 9.39. The van der Waals surface area contributed by atoms with Crippen LogP contribution < -0.4 is 10.2 Å². The van der Waals surface area contributed by atoms with Crippen molar-refractivity contribution >= 4 is 17.4 Å². The minimum atomic E-state index is -0.178. The average molecular weight is 226 g/mol. The molecule has 0 bridgehead atoms. The normalized spacial score (nSPS) is 11.8. The van der Waals surface area contributed by atoms with E-state index in [0.717, 1.165) is 11.4 Å². The van der Waals surface area contributed by atoms with Crippen LogP contribution in [-0.2, 0) is 0 Å². The number of benzene rings is 2. The summed E-state index contributed by atoms with van der Waals surface area (Å²) in [6.07, 6.45) is 0. The first-order valence-corrected chi connectivity index (χ1v) is 5.38. The van der Waals surface area contributed by atoms with Gasteiger partial charge in [0.1, 0.15) is 5.69 Å². The maximum absolute atomic E-state index is 11.9. The first kappa shape index (κ1) is 11.4. The highest BCUT2D eigenvalue weighted by molar-refractivity contribution is 5.83. The first-order valence-electron chi connectivity index (χ1n) is 5.38. The van der Waals surface area contributed by atoms with Gasteiger partial charge in [0.2, 0.25) is 0 Å². The molecule has 0 aliphatic carbocycles. The minimum absolute atomic E-state index is 0.178. The fraction of sp³-hybridized carbons (Fsp3) is 0. The quantitative estimate of drug-likeness (QED) is 0.756. The maximum atomic E-state index is 11.9. The highest BCUT2D eigenvalue weighted by atomic mass is 16.2. The van der Waals surface area contributed by atoms with E-state index in [2.05, 4.69) is 12.4 Å². The van der Waals surface area contributed by atoms with Crippen LogP contribution in [0.2, 0.25) is 0 Å². The number of carbonyl (C=O) groups excluding carboxylic acids is 1. The Morgan fingerprint density at radius 2 is 1.47 bits per heavy atom. The molecule has 2 aromatic rings. The van der Waals surface area contributed by atoms with Gasteiger partial charge in [-0.05, 0) is 24.3 Å². The number of nitrogens with one attached hydrogen (secondary N) is 2. The summed E-state index contributed by atoms with van der Waals surface area (Å²) in [5.41, 5.74) is 1.61. The Morgan fingerprint density at radius 1 is 0.941 bits per heavy atom. The molecule has 0 saturated heterocycles. The van der Waals surface area contributed by atoms with Gasteiger partial charge in [-0.2, -0.15) is 0 Å². The minimum Gasteiger partial charge on any atom is -0.351 e. The van der Waals surface area contributed by atoms with E-state index < -0.39 is 0 Å². The molecule has 0 fully saturated rings. The lowest BCUT2D eigenvalue weighted by molar-refractivity contribution is -0.684. The molecular weight excluding hydrogens is 212 g/mol. The van der Waals surface area contributed by atoms with Crippen LogP contribution in [0.15, 0.2) is 60.7 Å². The molecule has 2 aromatic carbocycles. The predicted octanol–water partition coefficient (Wildman–Crippen LogP) is 2.23. The van der Waals surface area contributed by atoms with E-state index in [1.165, 1.54) is 0 Å². The molecule has 0 aliphatic heterocycles. The van der Waals surface area contributed by atoms with Crippen molar-refractivity contribution in [1.82, 2.24) is 0 Å². The molecule has 1 unspecified atom stereocenters. The van der Waals surface area contributed by atoms with Crippen LogP contribution in [0.5, 0.6) is 0 Å². The first-order chi connectivity index (χ1) is 8.27. The smallest absolute Gasteiger partial charge is 0.351 e. The van der Waals surface area contributed by atoms with Crippen molar-refractivity contribution < 1.29 is 9.69 Å². The van der Waals surface area contributed by atoms with Crippen LogP contribution in [0.25, 0.3) is 0 Å². The zero-order chi connectivity index (χ0) is 12.1. The third-order valence-corrected chi connectivity index (χ3v) is 2.43. The van der Waals surface area contributed by atoms with Crippen LogP contribution in [0, 0.1) is 7.05 Å². The van der Waals surface area contributed by atoms with Gasteiger partial charge >= 0.3 is 6.03 Å². The van der Waals surface area contributed by atoms with Gasteiger partial charge in [0, 0.05) is 5.69 Å². The standard InChI is InChI=1S/C14H14N2O/c1-16(13-10-6-3-7-11-13)14(17)15-12-8-4-2-5-9-12/h2-11,16H,1H2,(H,15,17). The Labute approximate surface area is 101 Å². The van der Waals surface area contributed by atoms with E-state index in [9.17, 15) is 4.79 Å². The molecule has 86 valence electrons. The van der Waals surface area contributed by atoms with Gasteiger partial charge in [-0.1, -0.05) is 36.4 Å². The maximum Gasteiger partial charge on any atom is 0.397 e. The number of hydrogen-bond acceptors (Lipinski definition) is 1. The molecule has 0 aromatic heterocycles. The van der Waals surface area contributed by atoms with Crippen molar-refractivity contribution in [3.05, 3.63) is 67.7 Å². The van der Waals surface area contributed by atoms with Gasteiger partial charge in [0.25, 0.3) is 0 Å². The molecule has 0 spiro atoms. The van der Waals surface area contributed by atoms with E-state index >= 15 is 0 Å². The van der Waals surface area contributed by atoms with Gasteiger partial charge in [0.15, 0.2) is 0 Å². The highest BCUT2D eigenvalue weighted by Gasteiger charge is 2.11. The summed E-state index contributed by atoms with van der Waals surface area (Å²) in [4.78, 5) is 12.4. The lowest BCUT2D eigenvalue weighted by Gasteiger charge is -2.17. The molecule has 3 heteroatoms. The van der Waals surface area contributed by atoms with E-state index in [0.29, 0.717) is 4.90 Å². The van der Waals surface area contributed by atoms with E-state index in [4.69, 9.17) is 0 Å². The van der Waals surface area contributed by atoms with Gasteiger partial charge < -0.3 is 4.90 Å². The van der Waals surface area contributed by atoms with Gasteiger partial charge in [0.05, 0.1) is 0 Å². The van der Waals surface area contributed by atoms with Crippen molar-refractivity contribution in [2.24, 2.45) is 0 Å². The van der Waals surface area contributed by atoms with Crippen molar-refractivity contribution in [1.29, 1.82) is 0 Å². The Kier molecular flexibility index (Phi) is 3.52. The van der Waals surface area contributed by atoms with Crippen LogP contribution in [-0.4, -0.2) is 6.03 Å². The average Bonchev–Trinajstić information content (AvgIpc) is 2.40. The van der Waals surface area contributed by atoms with Crippen molar-refractivity contribution in [2.75, 3.05) is 5.32 Å². The summed E-state index contributed by atoms with van der Waals surface area (Å²) in [5, 5.41) is 2.80. The number of carbonyl (C=O) groups is 1. The fourth-order valence-electron chi connectivity index (χ4n) is 1.50. The molecule has 2 amide bonds. The SMILES string of the molecule is [CH2-][NH+](C(=O)Nc1ccccc1)c1ccccc1. The summed E-state index contributed by atoms with van der Waals surface area (Å²) in [5.74, 6) is 0. The lowest BCUT2D eigenvalue weighted by Crippen LogP contribution is -3.05. The summed E-state index contributed by atoms with van der Waals surface area (Å²) in [7, 11) is 3.81. The Hall–Kier alpha value is -2.13. The molecule has 17 heavy (non-hydrogen) atoms. The molecule has 2 N–H and O–H groups in total. The summed E-state index contributed by atoms with van der Waals surface area (Å²) in [6, 6.07) is 18.6. The summed E-state index contributed by atoms with van der Waals surface area (Å²) >= 11 is 0. The second-order valence-corrected chi connectivity index (χ2v) is 3.66. The molecule has 0 aliphatic rings. The number of para-hydroxylation sites is 2. The van der Waals surface area contributed by atoms with E-state index in [1.54, 1.807) is 0 Å². The highest BCUT2D eigenvalue weighted by Crippen LogP contribution is 2.04. The van der Waals surface area contributed by atoms with Gasteiger partial charge in [-0.15, -0.1) is 7.05 Å². The molecule has 0 heterocycles. The number of anilines is 1. The number of amides is 2. The Morgan fingerprint density at radius 3 is 2.06 bits per heavy atom. The molecular formula is C14H14N2O. The Balaban J connectivity index is 2.06. The van der Waals surface area contributed by atoms with E-state index in [1.807, 2.05) is 60.7 Å². The van der Waals surface area contributed by atoms with Crippen molar-refractivity contribution in [3.63, 3.8) is 0 Å². The third-order valence-electron chi connectivity index (χ3n) is 2.43. The summed E-state index contributed by atoms with van der Waals surface area (Å²) < 4.78 is 0. The number of rotatable bonds is 2.